The van der Waals surface area contributed by atoms with Gasteiger partial charge in [0, 0.05) is 48.5 Å². The molecule has 4 aromatic rings. The molecule has 69 heavy (non-hydrogen) atoms. The van der Waals surface area contributed by atoms with Gasteiger partial charge >= 0.3 is 25.2 Å². The lowest BCUT2D eigenvalue weighted by Gasteiger charge is -2.31. The molecule has 8 unspecified atom stereocenters. The van der Waals surface area contributed by atoms with E-state index in [1.165, 1.54) is 38.4 Å². The maximum absolute atomic E-state index is 14.8. The number of nitrogens with one attached hydrogen (secondary N) is 2. The number of ether oxygens (including phenoxy) is 4. The second-order valence-corrected chi connectivity index (χ2v) is 19.1. The minimum absolute atomic E-state index is 0.0387. The zero-order valence-electron chi connectivity index (χ0n) is 39.3. The van der Waals surface area contributed by atoms with Gasteiger partial charge in [-0.3, -0.25) is 51.7 Å². The fourth-order valence-electron chi connectivity index (χ4n) is 8.49. The molecular formula is C47H55N6O15P. The Bertz CT molecular complexity index is 2950. The number of fused-ring (bicyclic) bond motifs is 2. The summed E-state index contributed by atoms with van der Waals surface area (Å²) in [5, 5.41) is 2.82. The van der Waals surface area contributed by atoms with Gasteiger partial charge in [-0.2, -0.15) is 4.57 Å². The molecule has 8 atom stereocenters. The molecule has 0 saturated carbocycles. The van der Waals surface area contributed by atoms with E-state index in [9.17, 15) is 38.1 Å². The van der Waals surface area contributed by atoms with E-state index in [1.54, 1.807) is 19.1 Å². The van der Waals surface area contributed by atoms with E-state index < -0.39 is 104 Å². The van der Waals surface area contributed by atoms with Crippen LogP contribution in [-0.2, 0) is 53.2 Å². The van der Waals surface area contributed by atoms with Gasteiger partial charge in [0.15, 0.2) is 6.23 Å². The first-order valence-electron chi connectivity index (χ1n) is 22.4. The summed E-state index contributed by atoms with van der Waals surface area (Å²) in [7, 11) is -4.79. The highest BCUT2D eigenvalue weighted by atomic mass is 31.2. The highest BCUT2D eigenvalue weighted by Gasteiger charge is 2.64. The van der Waals surface area contributed by atoms with Crippen LogP contribution in [0.25, 0.3) is 4.85 Å². The Kier molecular flexibility index (Phi) is 15.3. The molecule has 3 fully saturated rings. The van der Waals surface area contributed by atoms with E-state index in [0.717, 1.165) is 37.0 Å². The van der Waals surface area contributed by atoms with Crippen molar-refractivity contribution in [1.82, 2.24) is 24.0 Å². The zero-order chi connectivity index (χ0) is 49.9. The fraction of sp³-hybridized carbons (Fsp3) is 0.489. The first-order chi connectivity index (χ1) is 32.8. The number of H-pyrrole nitrogens is 1. The number of aromatic amines is 1. The number of benzene rings is 2. The minimum Gasteiger partial charge on any atom is -0.459 e. The third-order valence-electron chi connectivity index (χ3n) is 12.7. The Hall–Kier alpha value is -6.11. The molecule has 2 aromatic carbocycles. The van der Waals surface area contributed by atoms with Gasteiger partial charge < -0.3 is 29.1 Å². The molecule has 0 radical (unpaired) electrons. The quantitative estimate of drug-likeness (QED) is 0.0621. The summed E-state index contributed by atoms with van der Waals surface area (Å²) >= 11 is 0. The largest absolute Gasteiger partial charge is 0.475 e. The van der Waals surface area contributed by atoms with Gasteiger partial charge in [0.25, 0.3) is 17.0 Å². The second-order valence-electron chi connectivity index (χ2n) is 17.5. The second kappa shape index (κ2) is 20.9. The molecule has 368 valence electrons. The Balaban J connectivity index is 1.10. The van der Waals surface area contributed by atoms with Crippen LogP contribution in [0.1, 0.15) is 94.4 Å². The molecule has 21 nitrogen and oxygen atoms in total. The number of hydrogen-bond acceptors (Lipinski definition) is 15. The van der Waals surface area contributed by atoms with E-state index in [0.29, 0.717) is 4.57 Å². The lowest BCUT2D eigenvalue weighted by Crippen LogP contribution is -2.48. The molecule has 5 heterocycles. The molecule has 1 amide bonds. The average Bonchev–Trinajstić information content (AvgIpc) is 3.97. The number of amides is 1. The first-order valence-corrected chi connectivity index (χ1v) is 23.9. The fourth-order valence-corrected chi connectivity index (χ4v) is 9.92. The molecule has 0 aliphatic carbocycles. The van der Waals surface area contributed by atoms with Gasteiger partial charge in [-0.15, -0.1) is 0 Å². The molecule has 3 saturated heterocycles. The number of hydrogen-bond donors (Lipinski definition) is 2. The SMILES string of the molecule is [C-]#[N+]CCOP(=O)(OCC1OC(n2cc(C)c(=O)[nH]c2=O)CC1OC(=O)CCC(=O)NCc1cc(C)c(C)c(C)c1)OC1C2OCC1(CC)OC2n1cc(C)c(=O)n(C(=O)c2ccc(C)cc2)c1=O. The summed E-state index contributed by atoms with van der Waals surface area (Å²) in [6, 6.07) is 10.3. The van der Waals surface area contributed by atoms with Crippen LogP contribution >= 0.6 is 7.82 Å². The van der Waals surface area contributed by atoms with Crippen LogP contribution in [0.3, 0.4) is 0 Å². The first kappa shape index (κ1) is 50.8. The Morgan fingerprint density at radius 2 is 1.64 bits per heavy atom. The van der Waals surface area contributed by atoms with Gasteiger partial charge in [0.2, 0.25) is 12.5 Å². The molecular weight excluding hydrogens is 920 g/mol. The number of nitrogens with zero attached hydrogens (tertiary/aromatic N) is 4. The predicted molar refractivity (Wildman–Crippen MR) is 246 cm³/mol. The smallest absolute Gasteiger partial charge is 0.459 e. The molecule has 3 aliphatic heterocycles. The van der Waals surface area contributed by atoms with Crippen molar-refractivity contribution in [3.05, 3.63) is 146 Å². The molecule has 2 bridgehead atoms. The monoisotopic (exact) mass is 974 g/mol. The summed E-state index contributed by atoms with van der Waals surface area (Å²) in [4.78, 5) is 97.8. The number of carbonyl (C=O) groups is 3. The van der Waals surface area contributed by atoms with Crippen LogP contribution in [-0.4, -0.2) is 92.9 Å². The highest BCUT2D eigenvalue weighted by molar-refractivity contribution is 7.48. The Labute approximate surface area is 396 Å². The third kappa shape index (κ3) is 10.9. The van der Waals surface area contributed by atoms with Crippen molar-refractivity contribution in [2.24, 2.45) is 0 Å². The minimum atomic E-state index is -4.79. The molecule has 2 N–H and O–H groups in total. The number of carbonyl (C=O) groups excluding carboxylic acids is 3. The Morgan fingerprint density at radius 3 is 2.32 bits per heavy atom. The standard InChI is InChI=1S/C47H55N6O15P/c1-9-47-25-62-39(44(67-47)52-23-30(6)42(57)53(46(52)60)43(58)33-12-10-26(2)11-13-33)40(47)68-69(61,63-17-16-48-8)64-24-35-34(20-37(65-35)51-22-29(5)41(56)50-45(51)59)66-38(55)15-14-36(54)49-21-32-18-27(3)31(7)28(4)19-32/h10-13,18-19,22-23,34-35,37,39-40,44H,9,14-17,20-21,24-25H2,1-7H3,(H,49,54)(H,50,56,59). The highest BCUT2D eigenvalue weighted by Crippen LogP contribution is 2.58. The summed E-state index contributed by atoms with van der Waals surface area (Å²) in [5.74, 6) is -2.04. The van der Waals surface area contributed by atoms with Crippen molar-refractivity contribution in [3.8, 4) is 0 Å². The lowest BCUT2D eigenvalue weighted by molar-refractivity contribution is -0.175. The summed E-state index contributed by atoms with van der Waals surface area (Å²) < 4.78 is 59.8. The zero-order valence-corrected chi connectivity index (χ0v) is 40.2. The van der Waals surface area contributed by atoms with E-state index in [4.69, 9.17) is 39.1 Å². The van der Waals surface area contributed by atoms with Crippen LogP contribution in [0.2, 0.25) is 0 Å². The maximum atomic E-state index is 14.8. The molecule has 0 spiro atoms. The van der Waals surface area contributed by atoms with Crippen LogP contribution in [0.15, 0.2) is 68.0 Å². The molecule has 7 rings (SSSR count). The van der Waals surface area contributed by atoms with Crippen molar-refractivity contribution >= 4 is 25.6 Å². The number of esters is 1. The van der Waals surface area contributed by atoms with Crippen LogP contribution in [0.5, 0.6) is 0 Å². The third-order valence-corrected chi connectivity index (χ3v) is 14.1. The summed E-state index contributed by atoms with van der Waals surface area (Å²) in [5.41, 5.74) is 0.767. The summed E-state index contributed by atoms with van der Waals surface area (Å²) in [6.45, 7) is 18.6. The predicted octanol–water partition coefficient (Wildman–Crippen LogP) is 3.92. The van der Waals surface area contributed by atoms with Gasteiger partial charge in [0.1, 0.15) is 42.9 Å². The van der Waals surface area contributed by atoms with Crippen molar-refractivity contribution < 1.29 is 51.5 Å². The molecule has 2 aromatic heterocycles. The number of rotatable bonds is 18. The average molecular weight is 975 g/mol. The van der Waals surface area contributed by atoms with E-state index in [2.05, 4.69) is 15.1 Å². The molecule has 22 heteroatoms. The number of aryl methyl sites for hydroxylation is 5. The van der Waals surface area contributed by atoms with E-state index in [-0.39, 0.29) is 62.1 Å². The van der Waals surface area contributed by atoms with Gasteiger partial charge in [-0.25, -0.2) is 20.7 Å². The van der Waals surface area contributed by atoms with Crippen molar-refractivity contribution in [2.45, 2.75) is 123 Å². The van der Waals surface area contributed by atoms with Crippen LogP contribution < -0.4 is 27.8 Å². The van der Waals surface area contributed by atoms with Gasteiger partial charge in [0.05, 0.1) is 19.6 Å². The van der Waals surface area contributed by atoms with Gasteiger partial charge in [-0.1, -0.05) is 36.8 Å². The van der Waals surface area contributed by atoms with E-state index in [1.807, 2.05) is 39.8 Å². The van der Waals surface area contributed by atoms with Crippen LogP contribution in [0, 0.1) is 48.1 Å². The van der Waals surface area contributed by atoms with E-state index >= 15 is 0 Å². The maximum Gasteiger partial charge on any atom is 0.475 e. The lowest BCUT2D eigenvalue weighted by atomic mass is 9.96. The van der Waals surface area contributed by atoms with Crippen molar-refractivity contribution in [1.29, 1.82) is 0 Å². The summed E-state index contributed by atoms with van der Waals surface area (Å²) in [6.07, 6.45) is -5.22. The van der Waals surface area contributed by atoms with Crippen molar-refractivity contribution in [3.63, 3.8) is 0 Å². The Morgan fingerprint density at radius 1 is 0.942 bits per heavy atom. The van der Waals surface area contributed by atoms with Gasteiger partial charge in [-0.05, 0) is 82.3 Å². The number of phosphoric ester groups is 1. The van der Waals surface area contributed by atoms with Crippen LogP contribution in [0.4, 0.5) is 0 Å². The number of phosphoric acid groups is 1. The normalized spacial score (nSPS) is 23.6. The topological polar surface area (TPSA) is 248 Å². The van der Waals surface area contributed by atoms with Crippen molar-refractivity contribution in [2.75, 3.05) is 26.4 Å². The molecule has 3 aliphatic rings. The number of aromatic nitrogens is 4.